The number of carbonyl (C=O) groups is 3. The third kappa shape index (κ3) is 45.0. The lowest BCUT2D eigenvalue weighted by Crippen LogP contribution is -2.30. The maximum Gasteiger partial charge on any atom is 0.306 e. The highest BCUT2D eigenvalue weighted by Gasteiger charge is 2.19. The standard InChI is InChI=1S/C52H96O6/c1-4-7-10-13-16-19-22-24-25-26-27-29-30-33-36-39-42-45-51(54)57-48-49(47-56-50(53)44-41-38-35-32-21-18-15-12-9-6-3)58-52(55)46-43-40-37-34-31-28-23-20-17-14-11-8-5-2/h12,15,24-25,49H,4-11,13-14,16-23,26-48H2,1-3H3/b15-12-,25-24-. The van der Waals surface area contributed by atoms with E-state index >= 15 is 0 Å². The summed E-state index contributed by atoms with van der Waals surface area (Å²) in [5.41, 5.74) is 0. The van der Waals surface area contributed by atoms with Gasteiger partial charge < -0.3 is 14.2 Å². The van der Waals surface area contributed by atoms with Crippen LogP contribution in [0.4, 0.5) is 0 Å². The fraction of sp³-hybridized carbons (Fsp3) is 0.865. The first kappa shape index (κ1) is 55.9. The van der Waals surface area contributed by atoms with Gasteiger partial charge in [-0.15, -0.1) is 0 Å². The van der Waals surface area contributed by atoms with Gasteiger partial charge >= 0.3 is 17.9 Å². The van der Waals surface area contributed by atoms with Crippen molar-refractivity contribution in [3.8, 4) is 0 Å². The number of rotatable bonds is 46. The second-order valence-corrected chi connectivity index (χ2v) is 17.1. The molecule has 1 unspecified atom stereocenters. The van der Waals surface area contributed by atoms with E-state index in [1.807, 2.05) is 0 Å². The maximum absolute atomic E-state index is 12.8. The van der Waals surface area contributed by atoms with Crippen molar-refractivity contribution in [2.24, 2.45) is 0 Å². The van der Waals surface area contributed by atoms with Crippen molar-refractivity contribution in [3.63, 3.8) is 0 Å². The van der Waals surface area contributed by atoms with E-state index in [4.69, 9.17) is 14.2 Å². The molecule has 0 spiro atoms. The average molecular weight is 817 g/mol. The Hall–Kier alpha value is -2.11. The van der Waals surface area contributed by atoms with Gasteiger partial charge in [-0.05, 0) is 64.2 Å². The Labute approximate surface area is 360 Å². The molecule has 0 aliphatic heterocycles. The first-order chi connectivity index (χ1) is 28.5. The van der Waals surface area contributed by atoms with Crippen molar-refractivity contribution in [1.82, 2.24) is 0 Å². The minimum absolute atomic E-state index is 0.0729. The molecule has 0 saturated carbocycles. The van der Waals surface area contributed by atoms with Crippen LogP contribution in [0, 0.1) is 0 Å². The van der Waals surface area contributed by atoms with Crippen LogP contribution in [0.2, 0.25) is 0 Å². The highest BCUT2D eigenvalue weighted by Crippen LogP contribution is 2.15. The van der Waals surface area contributed by atoms with Crippen LogP contribution in [0.1, 0.15) is 271 Å². The van der Waals surface area contributed by atoms with Crippen LogP contribution in [0.5, 0.6) is 0 Å². The van der Waals surface area contributed by atoms with E-state index in [2.05, 4.69) is 45.1 Å². The molecule has 0 aromatic carbocycles. The molecule has 1 atom stereocenters. The van der Waals surface area contributed by atoms with Gasteiger partial charge in [0.1, 0.15) is 13.2 Å². The Morgan fingerprint density at radius 1 is 0.328 bits per heavy atom. The van der Waals surface area contributed by atoms with Gasteiger partial charge in [0.15, 0.2) is 6.10 Å². The molecule has 0 amide bonds. The molecule has 6 heteroatoms. The predicted octanol–water partition coefficient (Wildman–Crippen LogP) is 16.4. The number of unbranched alkanes of at least 4 members (excludes halogenated alkanes) is 31. The lowest BCUT2D eigenvalue weighted by Gasteiger charge is -2.18. The molecule has 0 aliphatic rings. The minimum Gasteiger partial charge on any atom is -0.462 e. The maximum atomic E-state index is 12.8. The Morgan fingerprint density at radius 2 is 0.603 bits per heavy atom. The summed E-state index contributed by atoms with van der Waals surface area (Å²) in [5.74, 6) is -0.877. The number of allylic oxidation sites excluding steroid dienone is 4. The summed E-state index contributed by atoms with van der Waals surface area (Å²) in [5, 5.41) is 0. The summed E-state index contributed by atoms with van der Waals surface area (Å²) in [4.78, 5) is 37.8. The van der Waals surface area contributed by atoms with Crippen molar-refractivity contribution in [2.45, 2.75) is 277 Å². The van der Waals surface area contributed by atoms with E-state index in [1.54, 1.807) is 0 Å². The molecule has 0 N–H and O–H groups in total. The fourth-order valence-electron chi connectivity index (χ4n) is 7.32. The molecule has 340 valence electrons. The molecule has 0 saturated heterocycles. The quantitative estimate of drug-likeness (QED) is 0.0263. The largest absolute Gasteiger partial charge is 0.462 e. The number of ether oxygens (including phenoxy) is 3. The van der Waals surface area contributed by atoms with Crippen molar-refractivity contribution in [3.05, 3.63) is 24.3 Å². The minimum atomic E-state index is -0.770. The molecular formula is C52H96O6. The van der Waals surface area contributed by atoms with Crippen molar-refractivity contribution < 1.29 is 28.6 Å². The first-order valence-electron chi connectivity index (χ1n) is 25.3. The van der Waals surface area contributed by atoms with Gasteiger partial charge in [-0.1, -0.05) is 212 Å². The lowest BCUT2D eigenvalue weighted by molar-refractivity contribution is -0.167. The molecule has 58 heavy (non-hydrogen) atoms. The van der Waals surface area contributed by atoms with E-state index in [9.17, 15) is 14.4 Å². The number of carbonyl (C=O) groups excluding carboxylic acids is 3. The van der Waals surface area contributed by atoms with E-state index in [0.717, 1.165) is 70.6 Å². The Morgan fingerprint density at radius 3 is 0.931 bits per heavy atom. The van der Waals surface area contributed by atoms with Crippen molar-refractivity contribution in [1.29, 1.82) is 0 Å². The normalized spacial score (nSPS) is 12.1. The monoisotopic (exact) mass is 817 g/mol. The molecule has 0 fully saturated rings. The highest BCUT2D eigenvalue weighted by atomic mass is 16.6. The summed E-state index contributed by atoms with van der Waals surface area (Å²) in [7, 11) is 0. The second-order valence-electron chi connectivity index (χ2n) is 17.1. The average Bonchev–Trinajstić information content (AvgIpc) is 3.22. The molecule has 0 aromatic rings. The predicted molar refractivity (Wildman–Crippen MR) is 247 cm³/mol. The third-order valence-corrected chi connectivity index (χ3v) is 11.2. The zero-order chi connectivity index (χ0) is 42.3. The van der Waals surface area contributed by atoms with Crippen LogP contribution < -0.4 is 0 Å². The molecule has 0 heterocycles. The van der Waals surface area contributed by atoms with Crippen molar-refractivity contribution >= 4 is 17.9 Å². The van der Waals surface area contributed by atoms with Crippen LogP contribution in [-0.4, -0.2) is 37.2 Å². The first-order valence-corrected chi connectivity index (χ1v) is 25.3. The van der Waals surface area contributed by atoms with E-state index < -0.39 is 6.10 Å². The van der Waals surface area contributed by atoms with E-state index in [-0.39, 0.29) is 31.1 Å². The van der Waals surface area contributed by atoms with Crippen molar-refractivity contribution in [2.75, 3.05) is 13.2 Å². The number of hydrogen-bond acceptors (Lipinski definition) is 6. The van der Waals surface area contributed by atoms with Gasteiger partial charge in [0, 0.05) is 19.3 Å². The van der Waals surface area contributed by atoms with Crippen LogP contribution in [0.15, 0.2) is 24.3 Å². The Kier molecular flexibility index (Phi) is 45.8. The van der Waals surface area contributed by atoms with Gasteiger partial charge in [-0.25, -0.2) is 0 Å². The molecular weight excluding hydrogens is 721 g/mol. The van der Waals surface area contributed by atoms with E-state index in [0.29, 0.717) is 19.3 Å². The Bertz CT molecular complexity index is 942. The number of esters is 3. The fourth-order valence-corrected chi connectivity index (χ4v) is 7.32. The van der Waals surface area contributed by atoms with Crippen LogP contribution >= 0.6 is 0 Å². The molecule has 0 aliphatic carbocycles. The third-order valence-electron chi connectivity index (χ3n) is 11.2. The van der Waals surface area contributed by atoms with Gasteiger partial charge in [0.05, 0.1) is 0 Å². The topological polar surface area (TPSA) is 78.9 Å². The Balaban J connectivity index is 4.31. The summed E-state index contributed by atoms with van der Waals surface area (Å²) >= 11 is 0. The smallest absolute Gasteiger partial charge is 0.306 e. The molecule has 0 aromatic heterocycles. The van der Waals surface area contributed by atoms with E-state index in [1.165, 1.54) is 161 Å². The lowest BCUT2D eigenvalue weighted by atomic mass is 10.0. The molecule has 0 bridgehead atoms. The molecule has 0 rings (SSSR count). The summed E-state index contributed by atoms with van der Waals surface area (Å²) in [6.45, 7) is 6.58. The molecule has 0 radical (unpaired) electrons. The number of hydrogen-bond donors (Lipinski definition) is 0. The van der Waals surface area contributed by atoms with Gasteiger partial charge in [-0.2, -0.15) is 0 Å². The van der Waals surface area contributed by atoms with Crippen LogP contribution in [0.3, 0.4) is 0 Å². The van der Waals surface area contributed by atoms with Gasteiger partial charge in [0.2, 0.25) is 0 Å². The zero-order valence-corrected chi connectivity index (χ0v) is 38.8. The second kappa shape index (κ2) is 47.6. The molecule has 6 nitrogen and oxygen atoms in total. The summed E-state index contributed by atoms with van der Waals surface area (Å²) in [6, 6.07) is 0. The zero-order valence-electron chi connectivity index (χ0n) is 38.8. The van der Waals surface area contributed by atoms with Crippen LogP contribution in [0.25, 0.3) is 0 Å². The van der Waals surface area contributed by atoms with Crippen LogP contribution in [-0.2, 0) is 28.6 Å². The van der Waals surface area contributed by atoms with Gasteiger partial charge in [0.25, 0.3) is 0 Å². The van der Waals surface area contributed by atoms with Gasteiger partial charge in [-0.3, -0.25) is 14.4 Å². The summed E-state index contributed by atoms with van der Waals surface area (Å²) < 4.78 is 16.8. The SMILES string of the molecule is CCC/C=C\CCCCCCCC(=O)OCC(COC(=O)CCCCCCCCC/C=C\CCCCCCCC)OC(=O)CCCCCCCCCCCCCCC. The highest BCUT2D eigenvalue weighted by molar-refractivity contribution is 5.71. The summed E-state index contributed by atoms with van der Waals surface area (Å²) in [6.07, 6.45) is 53.0.